The minimum atomic E-state index is -0.282. The number of benzene rings is 2. The van der Waals surface area contributed by atoms with Crippen LogP contribution in [0.2, 0.25) is 10.0 Å². The van der Waals surface area contributed by atoms with E-state index in [0.717, 1.165) is 0 Å². The number of nitrogens with zero attached hydrogens (tertiary/aromatic N) is 4. The zero-order chi connectivity index (χ0) is 21.3. The number of nitriles is 1. The van der Waals surface area contributed by atoms with Crippen molar-refractivity contribution in [2.45, 2.75) is 0 Å². The molecule has 0 bridgehead atoms. The largest absolute Gasteiger partial charge is 0.366 e. The van der Waals surface area contributed by atoms with Gasteiger partial charge in [-0.1, -0.05) is 35.3 Å². The molecule has 152 valence electrons. The van der Waals surface area contributed by atoms with E-state index in [1.165, 1.54) is 6.07 Å². The van der Waals surface area contributed by atoms with Gasteiger partial charge in [0, 0.05) is 37.4 Å². The molecule has 1 fully saturated rings. The van der Waals surface area contributed by atoms with Crippen molar-refractivity contribution in [3.05, 3.63) is 81.8 Å². The van der Waals surface area contributed by atoms with Crippen molar-refractivity contribution in [2.75, 3.05) is 31.1 Å². The lowest BCUT2D eigenvalue weighted by Gasteiger charge is -2.36. The van der Waals surface area contributed by atoms with E-state index in [4.69, 9.17) is 23.2 Å². The molecule has 1 aliphatic heterocycles. The molecule has 0 atom stereocenters. The number of anilines is 1. The van der Waals surface area contributed by atoms with Crippen molar-refractivity contribution in [3.8, 4) is 11.8 Å². The van der Waals surface area contributed by atoms with E-state index >= 15 is 0 Å². The van der Waals surface area contributed by atoms with E-state index in [9.17, 15) is 14.4 Å². The number of rotatable bonds is 3. The Balaban J connectivity index is 1.59. The van der Waals surface area contributed by atoms with Crippen LogP contribution in [0.5, 0.6) is 0 Å². The number of aromatic nitrogens is 1. The summed E-state index contributed by atoms with van der Waals surface area (Å²) in [5.74, 6) is -0.550. The van der Waals surface area contributed by atoms with E-state index < -0.39 is 0 Å². The number of para-hydroxylation sites is 1. The molecule has 5 nitrogen and oxygen atoms in total. The van der Waals surface area contributed by atoms with E-state index in [0.29, 0.717) is 47.6 Å². The third-order valence-electron chi connectivity index (χ3n) is 5.14. The Morgan fingerprint density at radius 3 is 2.40 bits per heavy atom. The third kappa shape index (κ3) is 3.74. The molecule has 0 saturated carbocycles. The van der Waals surface area contributed by atoms with Gasteiger partial charge in [-0.25, -0.2) is 4.39 Å². The Kier molecular flexibility index (Phi) is 5.67. The number of carbonyl (C=O) groups is 1. The van der Waals surface area contributed by atoms with Crippen LogP contribution in [-0.4, -0.2) is 41.6 Å². The number of hydrogen-bond donors (Lipinski definition) is 0. The molecule has 1 amide bonds. The number of hydrogen-bond acceptors (Lipinski definition) is 3. The molecule has 8 heteroatoms. The summed E-state index contributed by atoms with van der Waals surface area (Å²) in [5.41, 5.74) is 1.61. The molecule has 1 saturated heterocycles. The Bertz CT molecular complexity index is 1150. The van der Waals surface area contributed by atoms with Crippen LogP contribution in [0.4, 0.5) is 10.1 Å². The van der Waals surface area contributed by atoms with Crippen LogP contribution < -0.4 is 4.90 Å². The molecular formula is C22H17Cl2FN4O. The van der Waals surface area contributed by atoms with Gasteiger partial charge in [0.2, 0.25) is 0 Å². The third-order valence-corrected chi connectivity index (χ3v) is 5.68. The molecule has 0 unspecified atom stereocenters. The minimum Gasteiger partial charge on any atom is -0.366 e. The van der Waals surface area contributed by atoms with E-state index in [1.54, 1.807) is 58.1 Å². The highest BCUT2D eigenvalue weighted by Gasteiger charge is 2.28. The standard InChI is InChI=1S/C22H17Cl2FN4O/c23-16-5-6-19(17(24)13-16)29-8-7-15(14-26)21(29)22(30)28-11-9-27(10-12-28)20-4-2-1-3-18(20)25/h1-8,13H,9-12H2. The lowest BCUT2D eigenvalue weighted by atomic mass is 10.2. The van der Waals surface area contributed by atoms with E-state index in [-0.39, 0.29) is 23.0 Å². The second kappa shape index (κ2) is 8.39. The fraction of sp³-hybridized carbons (Fsp3) is 0.182. The SMILES string of the molecule is N#Cc1ccn(-c2ccc(Cl)cc2Cl)c1C(=O)N1CCN(c2ccccc2F)CC1. The van der Waals surface area contributed by atoms with Crippen molar-refractivity contribution >= 4 is 34.8 Å². The fourth-order valence-corrected chi connectivity index (χ4v) is 4.13. The average Bonchev–Trinajstić information content (AvgIpc) is 3.17. The van der Waals surface area contributed by atoms with Crippen LogP contribution in [0.25, 0.3) is 5.69 Å². The molecule has 1 aromatic heterocycles. The van der Waals surface area contributed by atoms with Gasteiger partial charge >= 0.3 is 0 Å². The highest BCUT2D eigenvalue weighted by Crippen LogP contribution is 2.28. The second-order valence-electron chi connectivity index (χ2n) is 6.89. The lowest BCUT2D eigenvalue weighted by molar-refractivity contribution is 0.0738. The van der Waals surface area contributed by atoms with Crippen molar-refractivity contribution in [2.24, 2.45) is 0 Å². The van der Waals surface area contributed by atoms with Crippen LogP contribution in [0.15, 0.2) is 54.7 Å². The summed E-state index contributed by atoms with van der Waals surface area (Å²) in [7, 11) is 0. The fourth-order valence-electron chi connectivity index (χ4n) is 3.63. The normalized spacial score (nSPS) is 13.9. The van der Waals surface area contributed by atoms with Crippen LogP contribution in [0.1, 0.15) is 16.1 Å². The summed E-state index contributed by atoms with van der Waals surface area (Å²) in [6.45, 7) is 1.82. The van der Waals surface area contributed by atoms with Gasteiger partial charge < -0.3 is 14.4 Å². The smallest absolute Gasteiger partial charge is 0.272 e. The molecule has 0 N–H and O–H groups in total. The Labute approximate surface area is 183 Å². The van der Waals surface area contributed by atoms with Crippen LogP contribution in [-0.2, 0) is 0 Å². The highest BCUT2D eigenvalue weighted by atomic mass is 35.5. The van der Waals surface area contributed by atoms with E-state index in [2.05, 4.69) is 6.07 Å². The van der Waals surface area contributed by atoms with Gasteiger partial charge in [-0.15, -0.1) is 0 Å². The topological polar surface area (TPSA) is 52.3 Å². The monoisotopic (exact) mass is 442 g/mol. The van der Waals surface area contributed by atoms with Gasteiger partial charge in [0.15, 0.2) is 0 Å². The van der Waals surface area contributed by atoms with Gasteiger partial charge in [-0.3, -0.25) is 4.79 Å². The molecule has 2 aromatic carbocycles. The Hall–Kier alpha value is -3.01. The zero-order valence-electron chi connectivity index (χ0n) is 15.9. The van der Waals surface area contributed by atoms with Crippen LogP contribution in [0.3, 0.4) is 0 Å². The summed E-state index contributed by atoms with van der Waals surface area (Å²) in [4.78, 5) is 16.9. The molecule has 30 heavy (non-hydrogen) atoms. The van der Waals surface area contributed by atoms with Gasteiger partial charge in [0.25, 0.3) is 5.91 Å². The van der Waals surface area contributed by atoms with Crippen molar-refractivity contribution in [3.63, 3.8) is 0 Å². The molecule has 1 aliphatic rings. The number of piperazine rings is 1. The predicted molar refractivity (Wildman–Crippen MR) is 115 cm³/mol. The maximum atomic E-state index is 14.1. The molecule has 0 spiro atoms. The second-order valence-corrected chi connectivity index (χ2v) is 7.73. The maximum absolute atomic E-state index is 14.1. The first-order valence-electron chi connectivity index (χ1n) is 9.35. The molecule has 0 radical (unpaired) electrons. The van der Waals surface area contributed by atoms with Gasteiger partial charge in [-0.05, 0) is 36.4 Å². The summed E-state index contributed by atoms with van der Waals surface area (Å²) >= 11 is 12.3. The first kappa shape index (κ1) is 20.3. The van der Waals surface area contributed by atoms with Gasteiger partial charge in [0.05, 0.1) is 22.0 Å². The summed E-state index contributed by atoms with van der Waals surface area (Å²) in [5, 5.41) is 10.4. The van der Waals surface area contributed by atoms with Gasteiger partial charge in [0.1, 0.15) is 17.6 Å². The maximum Gasteiger partial charge on any atom is 0.272 e. The lowest BCUT2D eigenvalue weighted by Crippen LogP contribution is -2.49. The van der Waals surface area contributed by atoms with Crippen LogP contribution in [0, 0.1) is 17.1 Å². The molecule has 3 aromatic rings. The van der Waals surface area contributed by atoms with Crippen molar-refractivity contribution in [1.29, 1.82) is 5.26 Å². The van der Waals surface area contributed by atoms with Crippen LogP contribution >= 0.6 is 23.2 Å². The number of carbonyl (C=O) groups excluding carboxylic acids is 1. The minimum absolute atomic E-state index is 0.251. The summed E-state index contributed by atoms with van der Waals surface area (Å²) < 4.78 is 15.7. The summed E-state index contributed by atoms with van der Waals surface area (Å²) in [6, 6.07) is 15.2. The quantitative estimate of drug-likeness (QED) is 0.587. The first-order valence-corrected chi connectivity index (χ1v) is 10.1. The van der Waals surface area contributed by atoms with Crippen molar-refractivity contribution < 1.29 is 9.18 Å². The zero-order valence-corrected chi connectivity index (χ0v) is 17.4. The van der Waals surface area contributed by atoms with Crippen molar-refractivity contribution in [1.82, 2.24) is 9.47 Å². The highest BCUT2D eigenvalue weighted by molar-refractivity contribution is 6.35. The molecule has 4 rings (SSSR count). The Morgan fingerprint density at radius 2 is 1.73 bits per heavy atom. The van der Waals surface area contributed by atoms with Gasteiger partial charge in [-0.2, -0.15) is 5.26 Å². The first-order chi connectivity index (χ1) is 14.5. The average molecular weight is 443 g/mol. The molecule has 0 aliphatic carbocycles. The predicted octanol–water partition coefficient (Wildman–Crippen LogP) is 4.76. The molecular weight excluding hydrogens is 426 g/mol. The molecule has 2 heterocycles. The number of halogens is 3. The number of amides is 1. The van der Waals surface area contributed by atoms with E-state index in [1.807, 2.05) is 4.90 Å². The summed E-state index contributed by atoms with van der Waals surface area (Å²) in [6.07, 6.45) is 1.65. The Morgan fingerprint density at radius 1 is 1.00 bits per heavy atom.